The number of likely N-dealkylation sites (tertiary alicyclic amines) is 1. The molecule has 2 aromatic rings. The van der Waals surface area contributed by atoms with Gasteiger partial charge in [-0.25, -0.2) is 14.8 Å². The van der Waals surface area contributed by atoms with Gasteiger partial charge >= 0.3 is 6.03 Å². The Balaban J connectivity index is 1.25. The average Bonchev–Trinajstić information content (AvgIpc) is 2.66. The summed E-state index contributed by atoms with van der Waals surface area (Å²) in [6, 6.07) is 8.95. The average molecular weight is 411 g/mol. The maximum absolute atomic E-state index is 13.2. The Morgan fingerprint density at radius 2 is 2.10 bits per heavy atom. The van der Waals surface area contributed by atoms with Crippen molar-refractivity contribution in [3.8, 4) is 11.8 Å². The number of nitriles is 1. The predicted molar refractivity (Wildman–Crippen MR) is 107 cm³/mol. The maximum Gasteiger partial charge on any atom is 0.325 e. The van der Waals surface area contributed by atoms with Crippen molar-refractivity contribution in [3.05, 3.63) is 41.2 Å². The zero-order valence-corrected chi connectivity index (χ0v) is 16.6. The lowest BCUT2D eigenvalue weighted by atomic mass is 9.73. The first-order chi connectivity index (χ1) is 14.0. The van der Waals surface area contributed by atoms with E-state index in [2.05, 4.69) is 14.9 Å². The Kier molecular flexibility index (Phi) is 4.03. The van der Waals surface area contributed by atoms with E-state index in [1.807, 2.05) is 24.0 Å². The highest BCUT2D eigenvalue weighted by atomic mass is 35.5. The molecular formula is C20H19ClN6O2. The van der Waals surface area contributed by atoms with Crippen LogP contribution in [0.4, 0.5) is 16.4 Å². The molecule has 2 saturated heterocycles. The smallest absolute Gasteiger partial charge is 0.325 e. The number of anilines is 2. The van der Waals surface area contributed by atoms with E-state index in [1.165, 1.54) is 0 Å². The summed E-state index contributed by atoms with van der Waals surface area (Å²) in [7, 11) is 0. The van der Waals surface area contributed by atoms with Gasteiger partial charge in [-0.3, -0.25) is 4.90 Å². The highest BCUT2D eigenvalue weighted by Gasteiger charge is 2.55. The van der Waals surface area contributed by atoms with Crippen LogP contribution in [0.15, 0.2) is 30.5 Å². The fourth-order valence-electron chi connectivity index (χ4n) is 4.34. The second-order valence-corrected chi connectivity index (χ2v) is 8.43. The summed E-state index contributed by atoms with van der Waals surface area (Å²) in [4.78, 5) is 27.4. The Labute approximate surface area is 173 Å². The van der Waals surface area contributed by atoms with Crippen LogP contribution in [0.5, 0.6) is 5.75 Å². The number of benzene rings is 1. The molecule has 5 rings (SSSR count). The highest BCUT2D eigenvalue weighted by molar-refractivity contribution is 6.30. The van der Waals surface area contributed by atoms with Crippen molar-refractivity contribution in [2.24, 2.45) is 5.41 Å². The number of hydrogen-bond donors (Lipinski definition) is 0. The molecule has 1 aromatic carbocycles. The van der Waals surface area contributed by atoms with E-state index >= 15 is 0 Å². The van der Waals surface area contributed by atoms with Crippen molar-refractivity contribution < 1.29 is 9.53 Å². The molecule has 1 atom stereocenters. The number of halogens is 1. The number of carbonyl (C=O) groups is 1. The van der Waals surface area contributed by atoms with E-state index in [-0.39, 0.29) is 17.5 Å². The van der Waals surface area contributed by atoms with E-state index in [0.29, 0.717) is 42.1 Å². The second-order valence-electron chi connectivity index (χ2n) is 7.99. The van der Waals surface area contributed by atoms with Crippen LogP contribution in [0, 0.1) is 16.7 Å². The molecular weight excluding hydrogens is 392 g/mol. The number of ether oxygens (including phenoxy) is 1. The summed E-state index contributed by atoms with van der Waals surface area (Å²) in [5, 5.41) is 9.59. The van der Waals surface area contributed by atoms with E-state index in [1.54, 1.807) is 29.3 Å². The largest absolute Gasteiger partial charge is 0.489 e. The van der Waals surface area contributed by atoms with Crippen molar-refractivity contribution in [3.63, 3.8) is 0 Å². The van der Waals surface area contributed by atoms with Gasteiger partial charge in [-0.2, -0.15) is 5.26 Å². The Bertz CT molecular complexity index is 1020. The van der Waals surface area contributed by atoms with Crippen molar-refractivity contribution >= 4 is 29.3 Å². The Hall–Kier alpha value is -3.05. The molecule has 8 nitrogen and oxygen atoms in total. The highest BCUT2D eigenvalue weighted by Crippen LogP contribution is 2.43. The summed E-state index contributed by atoms with van der Waals surface area (Å²) in [6.45, 7) is 5.40. The number of nitrogens with zero attached hydrogens (tertiary/aromatic N) is 6. The van der Waals surface area contributed by atoms with Crippen molar-refractivity contribution in [2.45, 2.75) is 13.0 Å². The van der Waals surface area contributed by atoms with E-state index < -0.39 is 0 Å². The van der Waals surface area contributed by atoms with Gasteiger partial charge in [-0.1, -0.05) is 11.6 Å². The molecule has 148 valence electrons. The van der Waals surface area contributed by atoms with Gasteiger partial charge in [0.1, 0.15) is 24.1 Å². The van der Waals surface area contributed by atoms with Gasteiger partial charge in [-0.15, -0.1) is 0 Å². The molecule has 1 spiro atoms. The molecule has 0 aliphatic carbocycles. The van der Waals surface area contributed by atoms with Crippen LogP contribution in [-0.4, -0.2) is 59.7 Å². The molecule has 1 unspecified atom stereocenters. The Morgan fingerprint density at radius 1 is 1.31 bits per heavy atom. The minimum atomic E-state index is -0.0484. The maximum atomic E-state index is 13.2. The number of rotatable bonds is 1. The van der Waals surface area contributed by atoms with E-state index in [9.17, 15) is 4.79 Å². The normalized spacial score (nSPS) is 21.6. The summed E-state index contributed by atoms with van der Waals surface area (Å²) >= 11 is 6.06. The summed E-state index contributed by atoms with van der Waals surface area (Å²) in [5.74, 6) is 1.22. The summed E-state index contributed by atoms with van der Waals surface area (Å²) in [5.41, 5.74) is 1.21. The molecule has 4 heterocycles. The number of hydrogen-bond acceptors (Lipinski definition) is 6. The third-order valence-electron chi connectivity index (χ3n) is 5.72. The molecule has 3 aliphatic rings. The SMILES string of the molecule is CC1COc2cc(Cl)ccc2N1C(=O)N1CC2(C1)CN(c1nccc(C#N)n1)C2. The molecule has 3 aliphatic heterocycles. The van der Waals surface area contributed by atoms with Gasteiger partial charge in [0.05, 0.1) is 11.7 Å². The third-order valence-corrected chi connectivity index (χ3v) is 5.96. The van der Waals surface area contributed by atoms with Crippen LogP contribution >= 0.6 is 11.6 Å². The molecule has 0 radical (unpaired) electrons. The molecule has 0 N–H and O–H groups in total. The minimum absolute atomic E-state index is 0.00354. The molecule has 0 saturated carbocycles. The van der Waals surface area contributed by atoms with Gasteiger partial charge in [0.2, 0.25) is 5.95 Å². The minimum Gasteiger partial charge on any atom is -0.489 e. The van der Waals surface area contributed by atoms with Crippen molar-refractivity contribution in [2.75, 3.05) is 42.6 Å². The second kappa shape index (κ2) is 6.49. The fraction of sp³-hybridized carbons (Fsp3) is 0.400. The summed E-state index contributed by atoms with van der Waals surface area (Å²) in [6.07, 6.45) is 1.60. The van der Waals surface area contributed by atoms with Crippen LogP contribution in [0.3, 0.4) is 0 Å². The van der Waals surface area contributed by atoms with E-state index in [4.69, 9.17) is 21.6 Å². The number of urea groups is 1. The number of amides is 2. The van der Waals surface area contributed by atoms with Gasteiger partial charge < -0.3 is 14.5 Å². The molecule has 29 heavy (non-hydrogen) atoms. The fourth-order valence-corrected chi connectivity index (χ4v) is 4.50. The van der Waals surface area contributed by atoms with Crippen LogP contribution in [0.25, 0.3) is 0 Å². The zero-order chi connectivity index (χ0) is 20.2. The van der Waals surface area contributed by atoms with Gasteiger partial charge in [-0.05, 0) is 25.1 Å². The molecule has 2 amide bonds. The number of aromatic nitrogens is 2. The van der Waals surface area contributed by atoms with Gasteiger partial charge in [0.15, 0.2) is 0 Å². The van der Waals surface area contributed by atoms with Crippen LogP contribution in [0.2, 0.25) is 5.02 Å². The van der Waals surface area contributed by atoms with Gasteiger partial charge in [0, 0.05) is 48.9 Å². The van der Waals surface area contributed by atoms with Crippen LogP contribution < -0.4 is 14.5 Å². The zero-order valence-electron chi connectivity index (χ0n) is 15.9. The predicted octanol–water partition coefficient (Wildman–Crippen LogP) is 2.53. The topological polar surface area (TPSA) is 85.6 Å². The van der Waals surface area contributed by atoms with Crippen LogP contribution in [0.1, 0.15) is 12.6 Å². The summed E-state index contributed by atoms with van der Waals surface area (Å²) < 4.78 is 5.74. The quantitative estimate of drug-likeness (QED) is 0.718. The van der Waals surface area contributed by atoms with Crippen LogP contribution in [-0.2, 0) is 0 Å². The molecule has 0 bridgehead atoms. The number of carbonyl (C=O) groups excluding carboxylic acids is 1. The number of fused-ring (bicyclic) bond motifs is 1. The lowest BCUT2D eigenvalue weighted by Gasteiger charge is -2.60. The molecule has 9 heteroatoms. The van der Waals surface area contributed by atoms with E-state index in [0.717, 1.165) is 18.8 Å². The lowest BCUT2D eigenvalue weighted by Crippen LogP contribution is -2.74. The van der Waals surface area contributed by atoms with Gasteiger partial charge in [0.25, 0.3) is 0 Å². The Morgan fingerprint density at radius 3 is 2.86 bits per heavy atom. The lowest BCUT2D eigenvalue weighted by molar-refractivity contribution is 0.00814. The van der Waals surface area contributed by atoms with Crippen molar-refractivity contribution in [1.29, 1.82) is 5.26 Å². The standard InChI is InChI=1S/C20H19ClN6O2/c1-13-8-29-17-6-14(21)2-3-16(17)27(13)19(28)26-11-20(12-26)9-25(10-20)18-23-5-4-15(7-22)24-18/h2-6,13H,8-12H2,1H3. The first-order valence-electron chi connectivity index (χ1n) is 9.47. The monoisotopic (exact) mass is 410 g/mol. The van der Waals surface area contributed by atoms with Crippen molar-refractivity contribution in [1.82, 2.24) is 14.9 Å². The molecule has 2 fully saturated rings. The first-order valence-corrected chi connectivity index (χ1v) is 9.84. The third kappa shape index (κ3) is 2.93. The molecule has 1 aromatic heterocycles. The first kappa shape index (κ1) is 18.0.